The lowest BCUT2D eigenvalue weighted by molar-refractivity contribution is -0.139. The van der Waals surface area contributed by atoms with Gasteiger partial charge in [-0.2, -0.15) is 0 Å². The van der Waals surface area contributed by atoms with Crippen molar-refractivity contribution in [2.75, 3.05) is 13.7 Å². The number of carbonyl (C=O) groups is 3. The minimum atomic E-state index is -0.937. The van der Waals surface area contributed by atoms with Gasteiger partial charge in [0.15, 0.2) is 0 Å². The number of urea groups is 1. The van der Waals surface area contributed by atoms with Gasteiger partial charge in [-0.15, -0.1) is 0 Å². The number of rotatable bonds is 6. The number of aliphatic carboxylic acids is 1. The van der Waals surface area contributed by atoms with E-state index < -0.39 is 18.0 Å². The van der Waals surface area contributed by atoms with Crippen LogP contribution in [0.1, 0.15) is 11.1 Å². The van der Waals surface area contributed by atoms with Crippen LogP contribution in [0, 0.1) is 0 Å². The lowest BCUT2D eigenvalue weighted by Gasteiger charge is -2.10. The Morgan fingerprint density at radius 3 is 2.40 bits per heavy atom. The molecule has 7 nitrogen and oxygen atoms in total. The summed E-state index contributed by atoms with van der Waals surface area (Å²) in [5.41, 5.74) is 1.34. The third kappa shape index (κ3) is 5.38. The van der Waals surface area contributed by atoms with Crippen LogP contribution in [0.2, 0.25) is 0 Å². The normalized spacial score (nSPS) is 9.65. The second-order valence-electron chi connectivity index (χ2n) is 3.95. The number of hydrogen-bond donors (Lipinski definition) is 3. The van der Waals surface area contributed by atoms with Gasteiger partial charge in [-0.1, -0.05) is 24.3 Å². The fourth-order valence-electron chi connectivity index (χ4n) is 1.53. The Balaban J connectivity index is 2.50. The molecule has 0 aliphatic heterocycles. The average molecular weight is 280 g/mol. The third-order valence-electron chi connectivity index (χ3n) is 2.52. The molecule has 1 aromatic carbocycles. The standard InChI is InChI=1S/C13H16N2O5/c1-20-12(18)8-15-13(19)14-7-10-5-3-2-4-9(10)6-11(16)17/h2-5H,6-8H2,1H3,(H,16,17)(H2,14,15,19). The van der Waals surface area contributed by atoms with Crippen LogP contribution in [0.5, 0.6) is 0 Å². The maximum absolute atomic E-state index is 11.4. The highest BCUT2D eigenvalue weighted by atomic mass is 16.5. The molecule has 0 spiro atoms. The lowest BCUT2D eigenvalue weighted by Crippen LogP contribution is -2.38. The largest absolute Gasteiger partial charge is 0.481 e. The van der Waals surface area contributed by atoms with Crippen molar-refractivity contribution in [1.29, 1.82) is 0 Å². The molecular weight excluding hydrogens is 264 g/mol. The Hall–Kier alpha value is -2.57. The molecule has 0 saturated carbocycles. The Morgan fingerprint density at radius 1 is 1.15 bits per heavy atom. The van der Waals surface area contributed by atoms with E-state index in [4.69, 9.17) is 5.11 Å². The first-order valence-electron chi connectivity index (χ1n) is 5.90. The molecule has 0 fully saturated rings. The molecule has 2 amide bonds. The second kappa shape index (κ2) is 7.78. The zero-order chi connectivity index (χ0) is 15.0. The van der Waals surface area contributed by atoms with Crippen molar-refractivity contribution in [2.45, 2.75) is 13.0 Å². The zero-order valence-electron chi connectivity index (χ0n) is 11.0. The van der Waals surface area contributed by atoms with E-state index in [1.54, 1.807) is 24.3 Å². The van der Waals surface area contributed by atoms with Gasteiger partial charge in [0, 0.05) is 6.54 Å². The number of benzene rings is 1. The van der Waals surface area contributed by atoms with E-state index in [1.165, 1.54) is 7.11 Å². The highest BCUT2D eigenvalue weighted by molar-refractivity contribution is 5.80. The van der Waals surface area contributed by atoms with Gasteiger partial charge < -0.3 is 20.5 Å². The number of hydrogen-bond acceptors (Lipinski definition) is 4. The highest BCUT2D eigenvalue weighted by Gasteiger charge is 2.08. The van der Waals surface area contributed by atoms with Crippen LogP contribution in [-0.4, -0.2) is 36.7 Å². The SMILES string of the molecule is COC(=O)CNC(=O)NCc1ccccc1CC(=O)O. The molecule has 0 atom stereocenters. The smallest absolute Gasteiger partial charge is 0.325 e. The monoisotopic (exact) mass is 280 g/mol. The van der Waals surface area contributed by atoms with E-state index in [2.05, 4.69) is 15.4 Å². The third-order valence-corrected chi connectivity index (χ3v) is 2.52. The molecular formula is C13H16N2O5. The van der Waals surface area contributed by atoms with Gasteiger partial charge in [-0.3, -0.25) is 9.59 Å². The first kappa shape index (κ1) is 15.5. The van der Waals surface area contributed by atoms with Gasteiger partial charge in [0.05, 0.1) is 13.5 Å². The Morgan fingerprint density at radius 2 is 1.80 bits per heavy atom. The summed E-state index contributed by atoms with van der Waals surface area (Å²) in [6.45, 7) is -0.0461. The predicted molar refractivity (Wildman–Crippen MR) is 70.0 cm³/mol. The van der Waals surface area contributed by atoms with Crippen molar-refractivity contribution in [3.8, 4) is 0 Å². The molecule has 0 aliphatic rings. The van der Waals surface area contributed by atoms with Crippen molar-refractivity contribution in [2.24, 2.45) is 0 Å². The molecule has 108 valence electrons. The molecule has 0 heterocycles. The first-order valence-corrected chi connectivity index (χ1v) is 5.90. The van der Waals surface area contributed by atoms with Gasteiger partial charge in [0.1, 0.15) is 6.54 Å². The van der Waals surface area contributed by atoms with Crippen molar-refractivity contribution in [3.05, 3.63) is 35.4 Å². The fourth-order valence-corrected chi connectivity index (χ4v) is 1.53. The summed E-state index contributed by atoms with van der Waals surface area (Å²) in [5.74, 6) is -1.49. The number of carbonyl (C=O) groups excluding carboxylic acids is 2. The van der Waals surface area contributed by atoms with E-state index >= 15 is 0 Å². The summed E-state index contributed by atoms with van der Waals surface area (Å²) in [6.07, 6.45) is -0.109. The Kier molecular flexibility index (Phi) is 6.02. The second-order valence-corrected chi connectivity index (χ2v) is 3.95. The number of esters is 1. The van der Waals surface area contributed by atoms with E-state index in [0.29, 0.717) is 11.1 Å². The number of nitrogens with one attached hydrogen (secondary N) is 2. The zero-order valence-corrected chi connectivity index (χ0v) is 11.0. The van der Waals surface area contributed by atoms with Crippen LogP contribution in [0.4, 0.5) is 4.79 Å². The molecule has 3 N–H and O–H groups in total. The number of ether oxygens (including phenoxy) is 1. The Labute approximate surface area is 115 Å². The van der Waals surface area contributed by atoms with Crippen LogP contribution in [0.25, 0.3) is 0 Å². The lowest BCUT2D eigenvalue weighted by atomic mass is 10.0. The van der Waals surface area contributed by atoms with E-state index in [0.717, 1.165) is 0 Å². The average Bonchev–Trinajstić information content (AvgIpc) is 2.43. The molecule has 0 aliphatic carbocycles. The summed E-state index contributed by atoms with van der Waals surface area (Å²) < 4.78 is 4.38. The molecule has 0 saturated heterocycles. The van der Waals surface area contributed by atoms with Crippen LogP contribution in [-0.2, 0) is 27.3 Å². The molecule has 0 aromatic heterocycles. The molecule has 0 bridgehead atoms. The molecule has 0 radical (unpaired) electrons. The minimum Gasteiger partial charge on any atom is -0.481 e. The van der Waals surface area contributed by atoms with Gasteiger partial charge in [-0.05, 0) is 11.1 Å². The van der Waals surface area contributed by atoms with Gasteiger partial charge in [0.2, 0.25) is 0 Å². The summed E-state index contributed by atoms with van der Waals surface area (Å²) >= 11 is 0. The molecule has 7 heteroatoms. The minimum absolute atomic E-state index is 0.109. The number of carboxylic acid groups (broad SMARTS) is 1. The number of carboxylic acids is 1. The molecule has 20 heavy (non-hydrogen) atoms. The maximum Gasteiger partial charge on any atom is 0.325 e. The maximum atomic E-state index is 11.4. The predicted octanol–water partition coefficient (Wildman–Crippen LogP) is 0.286. The van der Waals surface area contributed by atoms with E-state index in [9.17, 15) is 14.4 Å². The molecule has 0 unspecified atom stereocenters. The number of amides is 2. The van der Waals surface area contributed by atoms with Gasteiger partial charge >= 0.3 is 18.0 Å². The summed E-state index contributed by atoms with van der Waals surface area (Å²) in [6, 6.07) is 6.39. The van der Waals surface area contributed by atoms with Crippen molar-refractivity contribution >= 4 is 18.0 Å². The summed E-state index contributed by atoms with van der Waals surface area (Å²) in [5, 5.41) is 13.7. The van der Waals surface area contributed by atoms with Crippen molar-refractivity contribution in [1.82, 2.24) is 10.6 Å². The highest BCUT2D eigenvalue weighted by Crippen LogP contribution is 2.09. The van der Waals surface area contributed by atoms with Crippen LogP contribution >= 0.6 is 0 Å². The summed E-state index contributed by atoms with van der Waals surface area (Å²) in [4.78, 5) is 33.0. The van der Waals surface area contributed by atoms with Crippen LogP contribution in [0.3, 0.4) is 0 Å². The summed E-state index contributed by atoms with van der Waals surface area (Å²) in [7, 11) is 1.23. The quantitative estimate of drug-likeness (QED) is 0.649. The van der Waals surface area contributed by atoms with E-state index in [1.807, 2.05) is 0 Å². The van der Waals surface area contributed by atoms with Crippen molar-refractivity contribution in [3.63, 3.8) is 0 Å². The Bertz CT molecular complexity index is 501. The fraction of sp³-hybridized carbons (Fsp3) is 0.308. The number of methoxy groups -OCH3 is 1. The topological polar surface area (TPSA) is 105 Å². The first-order chi connectivity index (χ1) is 9.52. The van der Waals surface area contributed by atoms with Crippen LogP contribution in [0.15, 0.2) is 24.3 Å². The van der Waals surface area contributed by atoms with Crippen LogP contribution < -0.4 is 10.6 Å². The molecule has 1 rings (SSSR count). The van der Waals surface area contributed by atoms with Gasteiger partial charge in [-0.25, -0.2) is 4.79 Å². The van der Waals surface area contributed by atoms with E-state index in [-0.39, 0.29) is 19.5 Å². The van der Waals surface area contributed by atoms with Crippen molar-refractivity contribution < 1.29 is 24.2 Å². The van der Waals surface area contributed by atoms with Gasteiger partial charge in [0.25, 0.3) is 0 Å². The molecule has 1 aromatic rings.